The first-order chi connectivity index (χ1) is 13.3. The van der Waals surface area contributed by atoms with Crippen molar-refractivity contribution in [2.75, 3.05) is 0 Å². The molecule has 0 aliphatic rings. The number of benzene rings is 2. The lowest BCUT2D eigenvalue weighted by Crippen LogP contribution is -2.23. The first-order valence-corrected chi connectivity index (χ1v) is 8.45. The Kier molecular flexibility index (Phi) is 5.51. The predicted molar refractivity (Wildman–Crippen MR) is 99.8 cm³/mol. The van der Waals surface area contributed by atoms with Gasteiger partial charge in [0.05, 0.1) is 23.7 Å². The van der Waals surface area contributed by atoms with Crippen LogP contribution >= 0.6 is 11.6 Å². The van der Waals surface area contributed by atoms with Crippen LogP contribution in [0, 0.1) is 6.92 Å². The molecule has 1 N–H and O–H groups in total. The maximum absolute atomic E-state index is 13.6. The number of nitrogens with zero attached hydrogens (tertiary/aromatic N) is 3. The normalized spacial score (nSPS) is 11.8. The molecule has 0 unspecified atom stereocenters. The standard InChI is InChI=1S/C19H14ClF3N4O/c1-12-2-4-13(5-3-12)10-24-26-18(28)16-11-25-27(17(16)19(21,22)23)15-8-6-14(20)7-9-15/h2-11H,1H3,(H,26,28). The van der Waals surface area contributed by atoms with E-state index < -0.39 is 23.3 Å². The van der Waals surface area contributed by atoms with Gasteiger partial charge in [0.15, 0.2) is 5.69 Å². The number of hydrogen-bond donors (Lipinski definition) is 1. The second-order valence-corrected chi connectivity index (χ2v) is 6.34. The van der Waals surface area contributed by atoms with Gasteiger partial charge in [-0.25, -0.2) is 10.1 Å². The lowest BCUT2D eigenvalue weighted by Gasteiger charge is -2.12. The third-order valence-corrected chi connectivity index (χ3v) is 4.06. The van der Waals surface area contributed by atoms with Gasteiger partial charge in [0.1, 0.15) is 0 Å². The number of aromatic nitrogens is 2. The average Bonchev–Trinajstić information content (AvgIpc) is 3.09. The molecule has 0 radical (unpaired) electrons. The van der Waals surface area contributed by atoms with Crippen LogP contribution in [0.3, 0.4) is 0 Å². The van der Waals surface area contributed by atoms with Crippen LogP contribution in [0.5, 0.6) is 0 Å². The largest absolute Gasteiger partial charge is 0.434 e. The van der Waals surface area contributed by atoms with Gasteiger partial charge in [-0.15, -0.1) is 0 Å². The molecule has 1 heterocycles. The SMILES string of the molecule is Cc1ccc(C=NNC(=O)c2cnn(-c3ccc(Cl)cc3)c2C(F)(F)F)cc1. The molecule has 0 spiro atoms. The van der Waals surface area contributed by atoms with E-state index in [4.69, 9.17) is 11.6 Å². The second-order valence-electron chi connectivity index (χ2n) is 5.90. The van der Waals surface area contributed by atoms with Crippen LogP contribution < -0.4 is 5.43 Å². The fourth-order valence-electron chi connectivity index (χ4n) is 2.44. The zero-order valence-electron chi connectivity index (χ0n) is 14.5. The topological polar surface area (TPSA) is 59.3 Å². The molecule has 0 aliphatic carbocycles. The zero-order chi connectivity index (χ0) is 20.3. The van der Waals surface area contributed by atoms with Crippen LogP contribution in [-0.2, 0) is 6.18 Å². The van der Waals surface area contributed by atoms with Crippen LogP contribution in [0.15, 0.2) is 59.8 Å². The quantitative estimate of drug-likeness (QED) is 0.508. The summed E-state index contributed by atoms with van der Waals surface area (Å²) >= 11 is 5.77. The molecule has 1 aromatic heterocycles. The van der Waals surface area contributed by atoms with Crippen LogP contribution in [0.2, 0.25) is 5.02 Å². The molecular formula is C19H14ClF3N4O. The number of carbonyl (C=O) groups is 1. The minimum absolute atomic E-state index is 0.124. The first-order valence-electron chi connectivity index (χ1n) is 8.07. The average molecular weight is 407 g/mol. The number of hydrazone groups is 1. The zero-order valence-corrected chi connectivity index (χ0v) is 15.3. The van der Waals surface area contributed by atoms with Gasteiger partial charge in [0.25, 0.3) is 5.91 Å². The van der Waals surface area contributed by atoms with Gasteiger partial charge in [0.2, 0.25) is 0 Å². The van der Waals surface area contributed by atoms with Crippen molar-refractivity contribution in [3.8, 4) is 5.69 Å². The minimum atomic E-state index is -4.80. The van der Waals surface area contributed by atoms with Crippen molar-refractivity contribution in [1.82, 2.24) is 15.2 Å². The van der Waals surface area contributed by atoms with Crippen LogP contribution in [0.1, 0.15) is 27.2 Å². The maximum Gasteiger partial charge on any atom is 0.434 e. The highest BCUT2D eigenvalue weighted by Crippen LogP contribution is 2.33. The van der Waals surface area contributed by atoms with Gasteiger partial charge in [-0.1, -0.05) is 41.4 Å². The van der Waals surface area contributed by atoms with E-state index in [9.17, 15) is 18.0 Å². The third kappa shape index (κ3) is 4.40. The molecule has 144 valence electrons. The summed E-state index contributed by atoms with van der Waals surface area (Å²) in [7, 11) is 0. The van der Waals surface area contributed by atoms with Gasteiger partial charge in [-0.3, -0.25) is 4.79 Å². The lowest BCUT2D eigenvalue weighted by atomic mass is 10.2. The Balaban J connectivity index is 1.87. The Morgan fingerprint density at radius 2 is 1.79 bits per heavy atom. The number of hydrogen-bond acceptors (Lipinski definition) is 3. The lowest BCUT2D eigenvalue weighted by molar-refractivity contribution is -0.143. The molecule has 9 heteroatoms. The molecule has 1 amide bonds. The first kappa shape index (κ1) is 19.6. The van der Waals surface area contributed by atoms with E-state index in [2.05, 4.69) is 15.6 Å². The molecule has 3 aromatic rings. The number of carbonyl (C=O) groups excluding carboxylic acids is 1. The Hall–Kier alpha value is -3.13. The fourth-order valence-corrected chi connectivity index (χ4v) is 2.57. The fraction of sp³-hybridized carbons (Fsp3) is 0.105. The molecule has 0 saturated carbocycles. The van der Waals surface area contributed by atoms with Crippen LogP contribution in [-0.4, -0.2) is 21.9 Å². The number of alkyl halides is 3. The van der Waals surface area contributed by atoms with E-state index in [-0.39, 0.29) is 5.69 Å². The summed E-state index contributed by atoms with van der Waals surface area (Å²) in [5.41, 5.74) is 2.14. The maximum atomic E-state index is 13.6. The van der Waals surface area contributed by atoms with Crippen molar-refractivity contribution >= 4 is 23.7 Å². The van der Waals surface area contributed by atoms with E-state index in [1.54, 1.807) is 12.1 Å². The summed E-state index contributed by atoms with van der Waals surface area (Å²) in [6.45, 7) is 1.92. The number of nitrogens with one attached hydrogen (secondary N) is 1. The predicted octanol–water partition coefficient (Wildman–Crippen LogP) is 4.62. The van der Waals surface area contributed by atoms with Crippen molar-refractivity contribution in [2.45, 2.75) is 13.1 Å². The van der Waals surface area contributed by atoms with Crippen molar-refractivity contribution in [3.63, 3.8) is 0 Å². The molecule has 0 fully saturated rings. The van der Waals surface area contributed by atoms with Crippen molar-refractivity contribution in [1.29, 1.82) is 0 Å². The van der Waals surface area contributed by atoms with Gasteiger partial charge < -0.3 is 0 Å². The Bertz CT molecular complexity index is 1010. The monoisotopic (exact) mass is 406 g/mol. The summed E-state index contributed by atoms with van der Waals surface area (Å²) in [5, 5.41) is 7.81. The van der Waals surface area contributed by atoms with Gasteiger partial charge in [-0.05, 0) is 36.8 Å². The Morgan fingerprint density at radius 3 is 2.39 bits per heavy atom. The molecule has 0 bridgehead atoms. The molecular weight excluding hydrogens is 393 g/mol. The van der Waals surface area contributed by atoms with Crippen LogP contribution in [0.25, 0.3) is 5.69 Å². The van der Waals surface area contributed by atoms with E-state index in [1.165, 1.54) is 30.5 Å². The van der Waals surface area contributed by atoms with Crippen LogP contribution in [0.4, 0.5) is 13.2 Å². The summed E-state index contributed by atoms with van der Waals surface area (Å²) in [4.78, 5) is 12.3. The van der Waals surface area contributed by atoms with E-state index in [1.807, 2.05) is 19.1 Å². The summed E-state index contributed by atoms with van der Waals surface area (Å²) in [6.07, 6.45) is -2.61. The van der Waals surface area contributed by atoms with Crippen molar-refractivity contribution in [3.05, 3.63) is 82.1 Å². The number of halogens is 4. The summed E-state index contributed by atoms with van der Waals surface area (Å²) in [6, 6.07) is 12.9. The van der Waals surface area contributed by atoms with E-state index in [0.717, 1.165) is 11.8 Å². The minimum Gasteiger partial charge on any atom is -0.267 e. The van der Waals surface area contributed by atoms with E-state index in [0.29, 0.717) is 15.3 Å². The molecule has 0 atom stereocenters. The molecule has 3 rings (SSSR count). The molecule has 28 heavy (non-hydrogen) atoms. The van der Waals surface area contributed by atoms with Gasteiger partial charge >= 0.3 is 6.18 Å². The molecule has 0 saturated heterocycles. The second kappa shape index (κ2) is 7.85. The van der Waals surface area contributed by atoms with Gasteiger partial charge in [0, 0.05) is 5.02 Å². The highest BCUT2D eigenvalue weighted by Gasteiger charge is 2.40. The Morgan fingerprint density at radius 1 is 1.14 bits per heavy atom. The van der Waals surface area contributed by atoms with Gasteiger partial charge in [-0.2, -0.15) is 23.4 Å². The van der Waals surface area contributed by atoms with Crippen molar-refractivity contribution in [2.24, 2.45) is 5.10 Å². The smallest absolute Gasteiger partial charge is 0.267 e. The molecule has 0 aliphatic heterocycles. The number of amides is 1. The summed E-state index contributed by atoms with van der Waals surface area (Å²) in [5.74, 6) is -1.02. The molecule has 5 nitrogen and oxygen atoms in total. The Labute approximate surface area is 163 Å². The highest BCUT2D eigenvalue weighted by molar-refractivity contribution is 6.30. The van der Waals surface area contributed by atoms with Crippen molar-refractivity contribution < 1.29 is 18.0 Å². The number of aryl methyl sites for hydroxylation is 1. The highest BCUT2D eigenvalue weighted by atomic mass is 35.5. The summed E-state index contributed by atoms with van der Waals surface area (Å²) < 4.78 is 41.4. The third-order valence-electron chi connectivity index (χ3n) is 3.81. The van der Waals surface area contributed by atoms with E-state index >= 15 is 0 Å². The number of rotatable bonds is 4. The molecule has 2 aromatic carbocycles.